The molecule has 28 heavy (non-hydrogen) atoms. The maximum atomic E-state index is 12.9. The molecule has 4 rings (SSSR count). The minimum atomic E-state index is -4.46. The second kappa shape index (κ2) is 7.16. The first kappa shape index (κ1) is 18.3. The number of benzene rings is 2. The third-order valence-electron chi connectivity index (χ3n) is 3.76. The first-order valence-electron chi connectivity index (χ1n) is 8.01. The third kappa shape index (κ3) is 3.94. The van der Waals surface area contributed by atoms with Crippen molar-refractivity contribution in [2.45, 2.75) is 6.18 Å². The van der Waals surface area contributed by atoms with Crippen LogP contribution in [0.3, 0.4) is 0 Å². The normalized spacial score (nSPS) is 11.6. The molecule has 2 heterocycles. The Hall–Kier alpha value is -3.07. The molecule has 0 saturated heterocycles. The minimum Gasteiger partial charge on any atom is -0.457 e. The van der Waals surface area contributed by atoms with Crippen molar-refractivity contribution in [2.24, 2.45) is 0 Å². The van der Waals surface area contributed by atoms with Crippen molar-refractivity contribution in [3.63, 3.8) is 0 Å². The molecule has 0 amide bonds. The van der Waals surface area contributed by atoms with Crippen LogP contribution in [0.2, 0.25) is 0 Å². The standard InChI is InChI=1S/C19H11BrF3N3O2/c20-15-9-11(19(21,22)23)10-16-17(15)28-18(26-16)25-12-1-3-13(4-2-12)27-14-5-7-24-8-6-14/h1-10H,(H,25,26). The fourth-order valence-corrected chi connectivity index (χ4v) is 3.01. The number of ether oxygens (including phenoxy) is 1. The number of nitrogens with zero attached hydrogens (tertiary/aromatic N) is 2. The van der Waals surface area contributed by atoms with E-state index < -0.39 is 11.7 Å². The molecule has 0 spiro atoms. The summed E-state index contributed by atoms with van der Waals surface area (Å²) < 4.78 is 50.2. The first-order valence-corrected chi connectivity index (χ1v) is 8.80. The molecule has 0 saturated carbocycles. The van der Waals surface area contributed by atoms with E-state index >= 15 is 0 Å². The Morgan fingerprint density at radius 2 is 1.64 bits per heavy atom. The summed E-state index contributed by atoms with van der Waals surface area (Å²) in [7, 11) is 0. The monoisotopic (exact) mass is 449 g/mol. The third-order valence-corrected chi connectivity index (χ3v) is 4.35. The van der Waals surface area contributed by atoms with Gasteiger partial charge >= 0.3 is 6.18 Å². The largest absolute Gasteiger partial charge is 0.457 e. The van der Waals surface area contributed by atoms with Crippen molar-refractivity contribution >= 4 is 38.7 Å². The smallest absolute Gasteiger partial charge is 0.416 e. The van der Waals surface area contributed by atoms with Gasteiger partial charge in [0, 0.05) is 18.1 Å². The van der Waals surface area contributed by atoms with Gasteiger partial charge in [0.15, 0.2) is 5.58 Å². The molecule has 0 aliphatic heterocycles. The van der Waals surface area contributed by atoms with E-state index in [0.29, 0.717) is 17.2 Å². The first-order chi connectivity index (χ1) is 13.4. The van der Waals surface area contributed by atoms with Gasteiger partial charge in [0.2, 0.25) is 0 Å². The number of pyridine rings is 1. The quantitative estimate of drug-likeness (QED) is 0.383. The Bertz CT molecular complexity index is 1110. The van der Waals surface area contributed by atoms with Crippen LogP contribution in [0.1, 0.15) is 5.56 Å². The molecule has 0 aliphatic rings. The van der Waals surface area contributed by atoms with E-state index in [4.69, 9.17) is 9.15 Å². The number of hydrogen-bond acceptors (Lipinski definition) is 5. The molecule has 1 N–H and O–H groups in total. The van der Waals surface area contributed by atoms with Gasteiger partial charge in [0.05, 0.1) is 10.0 Å². The van der Waals surface area contributed by atoms with Gasteiger partial charge < -0.3 is 14.5 Å². The van der Waals surface area contributed by atoms with Gasteiger partial charge in [0.25, 0.3) is 6.01 Å². The highest BCUT2D eigenvalue weighted by Crippen LogP contribution is 2.36. The average Bonchev–Trinajstić information content (AvgIpc) is 3.07. The number of rotatable bonds is 4. The lowest BCUT2D eigenvalue weighted by molar-refractivity contribution is -0.137. The Kier molecular flexibility index (Phi) is 4.68. The molecule has 0 aliphatic carbocycles. The highest BCUT2D eigenvalue weighted by Gasteiger charge is 2.32. The van der Waals surface area contributed by atoms with Gasteiger partial charge in [-0.25, -0.2) is 0 Å². The minimum absolute atomic E-state index is 0.0813. The zero-order valence-electron chi connectivity index (χ0n) is 14.0. The van der Waals surface area contributed by atoms with Crippen LogP contribution in [0, 0.1) is 0 Å². The van der Waals surface area contributed by atoms with Crippen LogP contribution in [-0.2, 0) is 6.18 Å². The van der Waals surface area contributed by atoms with Gasteiger partial charge in [-0.15, -0.1) is 0 Å². The summed E-state index contributed by atoms with van der Waals surface area (Å²) in [6.07, 6.45) is -1.21. The molecule has 2 aromatic heterocycles. The highest BCUT2D eigenvalue weighted by molar-refractivity contribution is 9.10. The molecule has 4 aromatic rings. The van der Waals surface area contributed by atoms with Crippen LogP contribution in [0.5, 0.6) is 11.5 Å². The van der Waals surface area contributed by atoms with Crippen LogP contribution in [0.4, 0.5) is 24.9 Å². The molecule has 9 heteroatoms. The lowest BCUT2D eigenvalue weighted by Gasteiger charge is -2.06. The molecule has 2 aromatic carbocycles. The van der Waals surface area contributed by atoms with E-state index in [0.717, 1.165) is 12.1 Å². The maximum absolute atomic E-state index is 12.9. The zero-order chi connectivity index (χ0) is 19.7. The van der Waals surface area contributed by atoms with Crippen LogP contribution >= 0.6 is 15.9 Å². The summed E-state index contributed by atoms with van der Waals surface area (Å²) in [5.74, 6) is 1.27. The van der Waals surface area contributed by atoms with Crippen molar-refractivity contribution < 1.29 is 22.3 Å². The number of anilines is 2. The van der Waals surface area contributed by atoms with Crippen molar-refractivity contribution in [1.29, 1.82) is 0 Å². The molecular weight excluding hydrogens is 439 g/mol. The number of halogens is 4. The fraction of sp³-hybridized carbons (Fsp3) is 0.0526. The van der Waals surface area contributed by atoms with E-state index in [-0.39, 0.29) is 21.6 Å². The Balaban J connectivity index is 1.54. The predicted octanol–water partition coefficient (Wildman–Crippen LogP) is 6.54. The lowest BCUT2D eigenvalue weighted by Crippen LogP contribution is -2.04. The second-order valence-electron chi connectivity index (χ2n) is 5.76. The van der Waals surface area contributed by atoms with Crippen LogP contribution in [-0.4, -0.2) is 9.97 Å². The SMILES string of the molecule is FC(F)(F)c1cc(Br)c2oc(Nc3ccc(Oc4ccncc4)cc3)nc2c1. The Labute approximate surface area is 165 Å². The molecule has 0 atom stereocenters. The number of nitrogens with one attached hydrogen (secondary N) is 1. The van der Waals surface area contributed by atoms with E-state index in [1.807, 2.05) is 0 Å². The number of oxazole rings is 1. The van der Waals surface area contributed by atoms with Crippen LogP contribution in [0.15, 0.2) is 69.8 Å². The van der Waals surface area contributed by atoms with E-state index in [9.17, 15) is 13.2 Å². The number of hydrogen-bond donors (Lipinski definition) is 1. The molecule has 0 unspecified atom stereocenters. The predicted molar refractivity (Wildman–Crippen MR) is 101 cm³/mol. The van der Waals surface area contributed by atoms with E-state index in [1.54, 1.807) is 48.8 Å². The van der Waals surface area contributed by atoms with Crippen LogP contribution < -0.4 is 10.1 Å². The van der Waals surface area contributed by atoms with Crippen molar-refractivity contribution in [3.8, 4) is 11.5 Å². The molecular formula is C19H11BrF3N3O2. The fourth-order valence-electron chi connectivity index (χ4n) is 2.48. The van der Waals surface area contributed by atoms with Crippen molar-refractivity contribution in [2.75, 3.05) is 5.32 Å². The summed E-state index contributed by atoms with van der Waals surface area (Å²) in [6, 6.07) is 12.4. The summed E-state index contributed by atoms with van der Waals surface area (Å²) in [5.41, 5.74) is 0.167. The van der Waals surface area contributed by atoms with E-state index in [1.165, 1.54) is 0 Å². The molecule has 142 valence electrons. The maximum Gasteiger partial charge on any atom is 0.416 e. The lowest BCUT2D eigenvalue weighted by atomic mass is 10.2. The zero-order valence-corrected chi connectivity index (χ0v) is 15.6. The highest BCUT2D eigenvalue weighted by atomic mass is 79.9. The van der Waals surface area contributed by atoms with Crippen molar-refractivity contribution in [1.82, 2.24) is 9.97 Å². The number of fused-ring (bicyclic) bond motifs is 1. The van der Waals surface area contributed by atoms with E-state index in [2.05, 4.69) is 31.2 Å². The Morgan fingerprint density at radius 1 is 0.964 bits per heavy atom. The topological polar surface area (TPSA) is 60.2 Å². The molecule has 0 bridgehead atoms. The molecule has 0 fully saturated rings. The van der Waals surface area contributed by atoms with Crippen LogP contribution in [0.25, 0.3) is 11.1 Å². The Morgan fingerprint density at radius 3 is 2.32 bits per heavy atom. The van der Waals surface area contributed by atoms with Gasteiger partial charge in [-0.2, -0.15) is 18.2 Å². The summed E-state index contributed by atoms with van der Waals surface area (Å²) in [6.45, 7) is 0. The second-order valence-corrected chi connectivity index (χ2v) is 6.61. The molecule has 5 nitrogen and oxygen atoms in total. The number of aromatic nitrogens is 2. The van der Waals surface area contributed by atoms with Gasteiger partial charge in [0.1, 0.15) is 17.0 Å². The molecule has 0 radical (unpaired) electrons. The van der Waals surface area contributed by atoms with Crippen molar-refractivity contribution in [3.05, 3.63) is 71.0 Å². The number of alkyl halides is 3. The van der Waals surface area contributed by atoms with Gasteiger partial charge in [-0.1, -0.05) is 0 Å². The summed E-state index contributed by atoms with van der Waals surface area (Å²) in [5, 5.41) is 2.92. The summed E-state index contributed by atoms with van der Waals surface area (Å²) in [4.78, 5) is 8.00. The van der Waals surface area contributed by atoms with Gasteiger partial charge in [-0.3, -0.25) is 4.98 Å². The average molecular weight is 450 g/mol. The summed E-state index contributed by atoms with van der Waals surface area (Å²) >= 11 is 3.10. The van der Waals surface area contributed by atoms with Gasteiger partial charge in [-0.05, 0) is 64.5 Å².